The van der Waals surface area contributed by atoms with E-state index in [1.807, 2.05) is 13.8 Å². The fraction of sp³-hybridized carbons (Fsp3) is 0.500. The van der Waals surface area contributed by atoms with Crippen LogP contribution in [0.4, 0.5) is 5.00 Å². The van der Waals surface area contributed by atoms with E-state index in [0.717, 1.165) is 17.8 Å². The van der Waals surface area contributed by atoms with Crippen molar-refractivity contribution in [2.45, 2.75) is 31.1 Å². The van der Waals surface area contributed by atoms with Crippen LogP contribution in [0, 0.1) is 10.1 Å². The molecule has 0 aliphatic rings. The number of hydrogen-bond acceptors (Lipinski definition) is 4. The van der Waals surface area contributed by atoms with Crippen molar-refractivity contribution >= 4 is 38.2 Å². The Balaban J connectivity index is 2.60. The summed E-state index contributed by atoms with van der Waals surface area (Å²) in [6, 6.07) is 2.85. The number of rotatable bonds is 5. The van der Waals surface area contributed by atoms with Gasteiger partial charge in [-0.15, -0.1) is 0 Å². The van der Waals surface area contributed by atoms with Crippen molar-refractivity contribution in [3.63, 3.8) is 0 Å². The second-order valence-corrected chi connectivity index (χ2v) is 6.41. The van der Waals surface area contributed by atoms with Gasteiger partial charge in [0.1, 0.15) is 0 Å². The van der Waals surface area contributed by atoms with Crippen LogP contribution < -0.4 is 5.32 Å². The lowest BCUT2D eigenvalue weighted by atomic mass is 10.2. The normalized spacial score (nSPS) is 14.1. The van der Waals surface area contributed by atoms with Crippen LogP contribution in [0.25, 0.3) is 0 Å². The highest BCUT2D eigenvalue weighted by Gasteiger charge is 2.17. The molecule has 94 valence electrons. The smallest absolute Gasteiger partial charge is 0.324 e. The number of halogens is 1. The Morgan fingerprint density at radius 2 is 2.24 bits per heavy atom. The van der Waals surface area contributed by atoms with E-state index in [1.54, 1.807) is 0 Å². The standard InChI is InChI=1S/C10H13BrN2O3S/c1-6(11)5-7(2)12-10(14)8-3-4-9(17-8)13(15)16/h3-4,6-7H,5H2,1-2H3,(H,12,14). The predicted octanol–water partition coefficient (Wildman–Crippen LogP) is 2.95. The van der Waals surface area contributed by atoms with Crippen molar-refractivity contribution in [3.05, 3.63) is 27.1 Å². The Kier molecular flexibility index (Phi) is 5.07. The van der Waals surface area contributed by atoms with Crippen LogP contribution in [0.1, 0.15) is 29.9 Å². The number of thiophene rings is 1. The Hall–Kier alpha value is -0.950. The first-order valence-electron chi connectivity index (χ1n) is 5.09. The summed E-state index contributed by atoms with van der Waals surface area (Å²) >= 11 is 4.29. The molecule has 1 heterocycles. The third kappa shape index (κ3) is 4.43. The molecule has 1 aromatic rings. The average molecular weight is 321 g/mol. The second kappa shape index (κ2) is 6.11. The molecule has 0 radical (unpaired) electrons. The minimum atomic E-state index is -0.495. The van der Waals surface area contributed by atoms with Gasteiger partial charge in [-0.2, -0.15) is 0 Å². The summed E-state index contributed by atoms with van der Waals surface area (Å²) in [6.07, 6.45) is 0.805. The molecule has 2 atom stereocenters. The van der Waals surface area contributed by atoms with Crippen molar-refractivity contribution in [1.29, 1.82) is 0 Å². The molecule has 0 bridgehead atoms. The quantitative estimate of drug-likeness (QED) is 0.515. The van der Waals surface area contributed by atoms with Gasteiger partial charge in [-0.05, 0) is 19.4 Å². The van der Waals surface area contributed by atoms with Gasteiger partial charge in [0.25, 0.3) is 5.91 Å². The molecule has 5 nitrogen and oxygen atoms in total. The van der Waals surface area contributed by atoms with Crippen molar-refractivity contribution in [2.75, 3.05) is 0 Å². The van der Waals surface area contributed by atoms with E-state index in [9.17, 15) is 14.9 Å². The summed E-state index contributed by atoms with van der Waals surface area (Å²) in [7, 11) is 0. The maximum atomic E-state index is 11.7. The molecule has 0 saturated heterocycles. The lowest BCUT2D eigenvalue weighted by molar-refractivity contribution is -0.380. The Morgan fingerprint density at radius 1 is 1.59 bits per heavy atom. The summed E-state index contributed by atoms with van der Waals surface area (Å²) in [6.45, 7) is 3.90. The molecule has 0 saturated carbocycles. The highest BCUT2D eigenvalue weighted by Crippen LogP contribution is 2.23. The molecule has 1 N–H and O–H groups in total. The molecule has 7 heteroatoms. The fourth-order valence-electron chi connectivity index (χ4n) is 1.39. The molecule has 17 heavy (non-hydrogen) atoms. The number of amides is 1. The Labute approximate surface area is 111 Å². The van der Waals surface area contributed by atoms with E-state index < -0.39 is 4.92 Å². The summed E-state index contributed by atoms with van der Waals surface area (Å²) < 4.78 is 0. The molecule has 1 amide bonds. The van der Waals surface area contributed by atoms with Gasteiger partial charge in [0.15, 0.2) is 0 Å². The highest BCUT2D eigenvalue weighted by molar-refractivity contribution is 9.09. The van der Waals surface area contributed by atoms with Crippen molar-refractivity contribution < 1.29 is 9.72 Å². The third-order valence-electron chi connectivity index (χ3n) is 2.05. The lowest BCUT2D eigenvalue weighted by Gasteiger charge is -2.14. The summed E-state index contributed by atoms with van der Waals surface area (Å²) in [5.74, 6) is -0.260. The SMILES string of the molecule is CC(Br)CC(C)NC(=O)c1ccc([N+](=O)[O-])s1. The largest absolute Gasteiger partial charge is 0.349 e. The number of alkyl halides is 1. The molecule has 2 unspecified atom stereocenters. The molecular weight excluding hydrogens is 308 g/mol. The van der Waals surface area contributed by atoms with Gasteiger partial charge in [0, 0.05) is 16.9 Å². The van der Waals surface area contributed by atoms with E-state index in [1.165, 1.54) is 12.1 Å². The summed E-state index contributed by atoms with van der Waals surface area (Å²) in [5.41, 5.74) is 0. The number of nitrogens with one attached hydrogen (secondary N) is 1. The topological polar surface area (TPSA) is 72.2 Å². The number of carbonyl (C=O) groups excluding carboxylic acids is 1. The summed E-state index contributed by atoms with van der Waals surface area (Å²) in [5, 5.41) is 13.3. The van der Waals surface area contributed by atoms with E-state index >= 15 is 0 Å². The monoisotopic (exact) mass is 320 g/mol. The van der Waals surface area contributed by atoms with Gasteiger partial charge in [0.2, 0.25) is 0 Å². The molecule has 1 aromatic heterocycles. The maximum absolute atomic E-state index is 11.7. The number of nitrogens with zero attached hydrogens (tertiary/aromatic N) is 1. The highest BCUT2D eigenvalue weighted by atomic mass is 79.9. The van der Waals surface area contributed by atoms with Crippen LogP contribution in [0.2, 0.25) is 0 Å². The Morgan fingerprint density at radius 3 is 2.71 bits per heavy atom. The minimum Gasteiger partial charge on any atom is -0.349 e. The molecule has 0 spiro atoms. The van der Waals surface area contributed by atoms with Crippen LogP contribution in [-0.2, 0) is 0 Å². The number of carbonyl (C=O) groups is 1. The zero-order valence-electron chi connectivity index (χ0n) is 9.47. The van der Waals surface area contributed by atoms with Gasteiger partial charge >= 0.3 is 5.00 Å². The molecule has 0 aromatic carbocycles. The third-order valence-corrected chi connectivity index (χ3v) is 3.46. The molecular formula is C10H13BrN2O3S. The van der Waals surface area contributed by atoms with Crippen LogP contribution in [0.15, 0.2) is 12.1 Å². The first kappa shape index (κ1) is 14.1. The van der Waals surface area contributed by atoms with Crippen molar-refractivity contribution in [3.8, 4) is 0 Å². The van der Waals surface area contributed by atoms with Gasteiger partial charge < -0.3 is 5.32 Å². The van der Waals surface area contributed by atoms with Crippen LogP contribution in [0.3, 0.4) is 0 Å². The zero-order chi connectivity index (χ0) is 13.0. The van der Waals surface area contributed by atoms with Gasteiger partial charge in [-0.3, -0.25) is 14.9 Å². The van der Waals surface area contributed by atoms with Crippen molar-refractivity contribution in [2.24, 2.45) is 0 Å². The lowest BCUT2D eigenvalue weighted by Crippen LogP contribution is -2.33. The van der Waals surface area contributed by atoms with E-state index in [2.05, 4.69) is 21.2 Å². The molecule has 1 rings (SSSR count). The molecule has 0 aliphatic heterocycles. The zero-order valence-corrected chi connectivity index (χ0v) is 11.9. The van der Waals surface area contributed by atoms with E-state index in [-0.39, 0.29) is 17.0 Å². The van der Waals surface area contributed by atoms with Crippen LogP contribution in [0.5, 0.6) is 0 Å². The first-order chi connectivity index (χ1) is 7.90. The van der Waals surface area contributed by atoms with E-state index in [0.29, 0.717) is 9.70 Å². The fourth-order valence-corrected chi connectivity index (χ4v) is 2.67. The minimum absolute atomic E-state index is 0.0170. The second-order valence-electron chi connectivity index (χ2n) is 3.79. The summed E-state index contributed by atoms with van der Waals surface area (Å²) in [4.78, 5) is 22.4. The Bertz CT molecular complexity index is 419. The van der Waals surface area contributed by atoms with E-state index in [4.69, 9.17) is 0 Å². The van der Waals surface area contributed by atoms with Gasteiger partial charge in [0.05, 0.1) is 9.80 Å². The average Bonchev–Trinajstić information content (AvgIpc) is 2.64. The van der Waals surface area contributed by atoms with Gasteiger partial charge in [-0.25, -0.2) is 0 Å². The van der Waals surface area contributed by atoms with Crippen LogP contribution in [-0.4, -0.2) is 21.7 Å². The maximum Gasteiger partial charge on any atom is 0.324 e. The number of nitro groups is 1. The first-order valence-corrected chi connectivity index (χ1v) is 6.82. The number of hydrogen-bond donors (Lipinski definition) is 1. The van der Waals surface area contributed by atoms with Crippen LogP contribution >= 0.6 is 27.3 Å². The predicted molar refractivity (Wildman–Crippen MR) is 70.9 cm³/mol. The molecule has 0 fully saturated rings. The van der Waals surface area contributed by atoms with Gasteiger partial charge in [-0.1, -0.05) is 34.2 Å². The van der Waals surface area contributed by atoms with Crippen molar-refractivity contribution in [1.82, 2.24) is 5.32 Å². The molecule has 0 aliphatic carbocycles.